The number of oxime groups is 1. The highest BCUT2D eigenvalue weighted by Gasteiger charge is 2.29. The summed E-state index contributed by atoms with van der Waals surface area (Å²) < 4.78 is 36.2. The Labute approximate surface area is 105 Å². The molecule has 0 saturated heterocycles. The molecule has 0 fully saturated rings. The van der Waals surface area contributed by atoms with Crippen LogP contribution in [-0.4, -0.2) is 29.8 Å². The van der Waals surface area contributed by atoms with E-state index in [1.165, 1.54) is 6.92 Å². The first-order valence-electron chi connectivity index (χ1n) is 5.86. The third-order valence-corrected chi connectivity index (χ3v) is 2.81. The highest BCUT2D eigenvalue weighted by molar-refractivity contribution is 5.85. The molecule has 4 N–H and O–H groups in total. The average Bonchev–Trinajstić information content (AvgIpc) is 2.20. The lowest BCUT2D eigenvalue weighted by atomic mass is 9.86. The van der Waals surface area contributed by atoms with Crippen LogP contribution in [0.15, 0.2) is 5.16 Å². The number of alkyl halides is 3. The lowest BCUT2D eigenvalue weighted by Gasteiger charge is -2.23. The molecule has 0 amide bonds. The molecular formula is C11H22F3N3O. The van der Waals surface area contributed by atoms with Crippen LogP contribution < -0.4 is 11.1 Å². The summed E-state index contributed by atoms with van der Waals surface area (Å²) in [4.78, 5) is 0. The topological polar surface area (TPSA) is 70.6 Å². The molecule has 0 radical (unpaired) electrons. The molecule has 0 aromatic rings. The van der Waals surface area contributed by atoms with Crippen LogP contribution in [0, 0.1) is 5.41 Å². The zero-order chi connectivity index (χ0) is 14.4. The van der Waals surface area contributed by atoms with Crippen molar-refractivity contribution in [1.82, 2.24) is 5.32 Å². The Morgan fingerprint density at radius 1 is 1.39 bits per heavy atom. The van der Waals surface area contributed by atoms with Crippen LogP contribution in [-0.2, 0) is 0 Å². The molecule has 7 heteroatoms. The summed E-state index contributed by atoms with van der Waals surface area (Å²) in [5.74, 6) is 0.130. The van der Waals surface area contributed by atoms with Gasteiger partial charge in [0.1, 0.15) is 5.84 Å². The van der Waals surface area contributed by atoms with Crippen molar-refractivity contribution in [3.63, 3.8) is 0 Å². The third-order valence-electron chi connectivity index (χ3n) is 2.81. The molecule has 0 aliphatic carbocycles. The number of amidine groups is 1. The second-order valence-corrected chi connectivity index (χ2v) is 5.15. The van der Waals surface area contributed by atoms with Crippen molar-refractivity contribution in [3.8, 4) is 0 Å². The highest BCUT2D eigenvalue weighted by Crippen LogP contribution is 2.23. The Morgan fingerprint density at radius 2 is 1.94 bits per heavy atom. The number of rotatable bonds is 7. The van der Waals surface area contributed by atoms with E-state index < -0.39 is 24.1 Å². The highest BCUT2D eigenvalue weighted by atomic mass is 19.4. The monoisotopic (exact) mass is 269 g/mol. The van der Waals surface area contributed by atoms with Gasteiger partial charge in [0, 0.05) is 11.5 Å². The molecule has 0 bridgehead atoms. The minimum atomic E-state index is -4.14. The summed E-state index contributed by atoms with van der Waals surface area (Å²) in [6.07, 6.45) is -3.68. The number of hydrogen-bond acceptors (Lipinski definition) is 3. The molecule has 0 aromatic carbocycles. The van der Waals surface area contributed by atoms with Gasteiger partial charge in [-0.25, -0.2) is 0 Å². The molecule has 0 aliphatic heterocycles. The van der Waals surface area contributed by atoms with E-state index in [9.17, 15) is 13.2 Å². The number of nitrogens with zero attached hydrogens (tertiary/aromatic N) is 1. The van der Waals surface area contributed by atoms with E-state index in [1.54, 1.807) is 0 Å². The van der Waals surface area contributed by atoms with Crippen LogP contribution >= 0.6 is 0 Å². The van der Waals surface area contributed by atoms with Crippen molar-refractivity contribution in [1.29, 1.82) is 0 Å². The first-order valence-corrected chi connectivity index (χ1v) is 5.86. The molecule has 4 nitrogen and oxygen atoms in total. The van der Waals surface area contributed by atoms with Crippen LogP contribution in [0.5, 0.6) is 0 Å². The van der Waals surface area contributed by atoms with Crippen molar-refractivity contribution in [2.45, 2.75) is 52.3 Å². The van der Waals surface area contributed by atoms with Gasteiger partial charge < -0.3 is 16.3 Å². The molecule has 0 aliphatic rings. The SMILES string of the molecule is CC(CC(F)(F)F)NCCCC(C)(C)C(N)=NO. The maximum Gasteiger partial charge on any atom is 0.390 e. The molecule has 0 spiro atoms. The molecule has 18 heavy (non-hydrogen) atoms. The van der Waals surface area contributed by atoms with E-state index in [2.05, 4.69) is 10.5 Å². The fraction of sp³-hybridized carbons (Fsp3) is 0.909. The predicted molar refractivity (Wildman–Crippen MR) is 64.6 cm³/mol. The van der Waals surface area contributed by atoms with Crippen LogP contribution in [0.3, 0.4) is 0 Å². The van der Waals surface area contributed by atoms with E-state index in [4.69, 9.17) is 10.9 Å². The second-order valence-electron chi connectivity index (χ2n) is 5.15. The van der Waals surface area contributed by atoms with Gasteiger partial charge in [-0.2, -0.15) is 13.2 Å². The van der Waals surface area contributed by atoms with Crippen LogP contribution in [0.25, 0.3) is 0 Å². The molecule has 0 heterocycles. The predicted octanol–water partition coefficient (Wildman–Crippen LogP) is 2.47. The molecule has 108 valence electrons. The van der Waals surface area contributed by atoms with Crippen LogP contribution in [0.1, 0.15) is 40.0 Å². The summed E-state index contributed by atoms with van der Waals surface area (Å²) in [5.41, 5.74) is 5.05. The zero-order valence-corrected chi connectivity index (χ0v) is 11.0. The Hall–Kier alpha value is -0.980. The number of hydrogen-bond donors (Lipinski definition) is 3. The lowest BCUT2D eigenvalue weighted by molar-refractivity contribution is -0.139. The van der Waals surface area contributed by atoms with Gasteiger partial charge in [-0.3, -0.25) is 0 Å². The van der Waals surface area contributed by atoms with E-state index in [-0.39, 0.29) is 5.84 Å². The van der Waals surface area contributed by atoms with Gasteiger partial charge in [0.15, 0.2) is 0 Å². The van der Waals surface area contributed by atoms with Gasteiger partial charge in [0.2, 0.25) is 0 Å². The fourth-order valence-corrected chi connectivity index (χ4v) is 1.56. The molecular weight excluding hydrogens is 247 g/mol. The average molecular weight is 269 g/mol. The van der Waals surface area contributed by atoms with Crippen LogP contribution in [0.2, 0.25) is 0 Å². The normalized spacial score (nSPS) is 15.8. The van der Waals surface area contributed by atoms with Gasteiger partial charge in [0.05, 0.1) is 6.42 Å². The van der Waals surface area contributed by atoms with Crippen molar-refractivity contribution in [2.24, 2.45) is 16.3 Å². The summed E-state index contributed by atoms with van der Waals surface area (Å²) in [7, 11) is 0. The quantitative estimate of drug-likeness (QED) is 0.219. The van der Waals surface area contributed by atoms with E-state index in [0.29, 0.717) is 19.4 Å². The first-order chi connectivity index (χ1) is 8.08. The van der Waals surface area contributed by atoms with Gasteiger partial charge >= 0.3 is 6.18 Å². The third kappa shape index (κ3) is 7.37. The van der Waals surface area contributed by atoms with Crippen LogP contribution in [0.4, 0.5) is 13.2 Å². The first kappa shape index (κ1) is 17.0. The summed E-state index contributed by atoms with van der Waals surface area (Å²) in [6, 6.07) is -0.600. The maximum absolute atomic E-state index is 12.1. The second kappa shape index (κ2) is 6.82. The lowest BCUT2D eigenvalue weighted by Crippen LogP contribution is -2.35. The zero-order valence-electron chi connectivity index (χ0n) is 11.0. The summed E-state index contributed by atoms with van der Waals surface area (Å²) in [6.45, 7) is 5.62. The van der Waals surface area contributed by atoms with Crippen molar-refractivity contribution >= 4 is 5.84 Å². The summed E-state index contributed by atoms with van der Waals surface area (Å²) in [5, 5.41) is 14.3. The maximum atomic E-state index is 12.1. The number of halogens is 3. The Bertz CT molecular complexity index is 277. The fourth-order valence-electron chi connectivity index (χ4n) is 1.56. The van der Waals surface area contributed by atoms with Gasteiger partial charge in [0.25, 0.3) is 0 Å². The molecule has 1 atom stereocenters. The number of nitrogens with two attached hydrogens (primary N) is 1. The van der Waals surface area contributed by atoms with Crippen molar-refractivity contribution < 1.29 is 18.4 Å². The Balaban J connectivity index is 3.87. The van der Waals surface area contributed by atoms with E-state index >= 15 is 0 Å². The standard InChI is InChI=1S/C11H22F3N3O/c1-8(7-11(12,13)14)16-6-4-5-10(2,3)9(15)17-18/h8,16,18H,4-7H2,1-3H3,(H2,15,17). The van der Waals surface area contributed by atoms with Crippen molar-refractivity contribution in [3.05, 3.63) is 0 Å². The van der Waals surface area contributed by atoms with Crippen molar-refractivity contribution in [2.75, 3.05) is 6.54 Å². The minimum Gasteiger partial charge on any atom is -0.409 e. The van der Waals surface area contributed by atoms with Gasteiger partial charge in [-0.1, -0.05) is 19.0 Å². The number of nitrogens with one attached hydrogen (secondary N) is 1. The molecule has 0 saturated carbocycles. The Morgan fingerprint density at radius 3 is 2.39 bits per heavy atom. The minimum absolute atomic E-state index is 0.130. The van der Waals surface area contributed by atoms with E-state index in [0.717, 1.165) is 0 Å². The van der Waals surface area contributed by atoms with Gasteiger partial charge in [-0.15, -0.1) is 0 Å². The largest absolute Gasteiger partial charge is 0.409 e. The molecule has 0 rings (SSSR count). The summed E-state index contributed by atoms with van der Waals surface area (Å²) >= 11 is 0. The Kier molecular flexibility index (Phi) is 6.45. The molecule has 1 unspecified atom stereocenters. The smallest absolute Gasteiger partial charge is 0.390 e. The molecule has 0 aromatic heterocycles. The van der Waals surface area contributed by atoms with E-state index in [1.807, 2.05) is 13.8 Å². The van der Waals surface area contributed by atoms with Gasteiger partial charge in [-0.05, 0) is 26.3 Å².